The smallest absolute Gasteiger partial charge is 0.329 e. The molecule has 0 bridgehead atoms. The van der Waals surface area contributed by atoms with Gasteiger partial charge in [-0.1, -0.05) is 33.4 Å². The van der Waals surface area contributed by atoms with Crippen LogP contribution >= 0.6 is 0 Å². The number of carbonyl (C=O) groups excluding carboxylic acids is 2. The first-order valence-electron chi connectivity index (χ1n) is 6.12. The van der Waals surface area contributed by atoms with Crippen LogP contribution in [-0.2, 0) is 14.3 Å². The zero-order chi connectivity index (χ0) is 13.9. The molecule has 5 heteroatoms. The van der Waals surface area contributed by atoms with Crippen LogP contribution in [0.4, 0.5) is 0 Å². The van der Waals surface area contributed by atoms with Gasteiger partial charge in [0.15, 0.2) is 0 Å². The second kappa shape index (κ2) is 5.52. The lowest BCUT2D eigenvalue weighted by molar-refractivity contribution is -0.162. The van der Waals surface area contributed by atoms with Gasteiger partial charge in [-0.15, -0.1) is 0 Å². The minimum Gasteiger partial charge on any atom is -0.460 e. The fourth-order valence-electron chi connectivity index (χ4n) is 1.68. The minimum atomic E-state index is -0.604. The van der Waals surface area contributed by atoms with Crippen LogP contribution in [0.1, 0.15) is 27.2 Å². The molecule has 0 aliphatic carbocycles. The molecule has 1 rings (SSSR count). The number of carbonyl (C=O) groups is 2. The highest BCUT2D eigenvalue weighted by atomic mass is 16.5. The van der Waals surface area contributed by atoms with Crippen molar-refractivity contribution in [1.82, 2.24) is 4.90 Å². The summed E-state index contributed by atoms with van der Waals surface area (Å²) in [6.07, 6.45) is 2.14. The largest absolute Gasteiger partial charge is 0.460 e. The molecule has 0 radical (unpaired) electrons. The van der Waals surface area contributed by atoms with Crippen LogP contribution in [-0.4, -0.2) is 42.0 Å². The Morgan fingerprint density at radius 2 is 2.17 bits per heavy atom. The first kappa shape index (κ1) is 14.7. The highest BCUT2D eigenvalue weighted by Crippen LogP contribution is 2.25. The van der Waals surface area contributed by atoms with Crippen molar-refractivity contribution in [1.29, 1.82) is 0 Å². The Morgan fingerprint density at radius 1 is 1.56 bits per heavy atom. The Kier molecular flexibility index (Phi) is 4.51. The van der Waals surface area contributed by atoms with Gasteiger partial charge in [0.1, 0.15) is 12.6 Å². The molecule has 102 valence electrons. The zero-order valence-electron chi connectivity index (χ0n) is 11.3. The van der Waals surface area contributed by atoms with Crippen molar-refractivity contribution >= 4 is 11.9 Å². The number of likely N-dealkylation sites (tertiary alicyclic amines) is 1. The van der Waals surface area contributed by atoms with E-state index >= 15 is 0 Å². The molecule has 1 saturated heterocycles. The van der Waals surface area contributed by atoms with E-state index in [0.29, 0.717) is 13.0 Å². The zero-order valence-corrected chi connectivity index (χ0v) is 11.3. The van der Waals surface area contributed by atoms with Crippen molar-refractivity contribution in [3.05, 3.63) is 12.7 Å². The van der Waals surface area contributed by atoms with Crippen LogP contribution in [0.15, 0.2) is 12.7 Å². The van der Waals surface area contributed by atoms with Crippen LogP contribution in [0.2, 0.25) is 0 Å². The highest BCUT2D eigenvalue weighted by molar-refractivity contribution is 5.89. The van der Waals surface area contributed by atoms with E-state index in [9.17, 15) is 9.59 Å². The molecule has 1 heterocycles. The lowest BCUT2D eigenvalue weighted by Crippen LogP contribution is -2.61. The second-order valence-electron chi connectivity index (χ2n) is 5.60. The number of ether oxygens (including phenoxy) is 1. The van der Waals surface area contributed by atoms with Gasteiger partial charge in [0, 0.05) is 6.54 Å². The quantitative estimate of drug-likeness (QED) is 0.592. The molecule has 0 aromatic carbocycles. The van der Waals surface area contributed by atoms with Crippen LogP contribution in [0.5, 0.6) is 0 Å². The summed E-state index contributed by atoms with van der Waals surface area (Å²) in [5, 5.41) is 0. The Labute approximate surface area is 108 Å². The lowest BCUT2D eigenvalue weighted by Gasteiger charge is -2.42. The third-order valence-corrected chi connectivity index (χ3v) is 3.12. The summed E-state index contributed by atoms with van der Waals surface area (Å²) in [6, 6.07) is -1.08. The monoisotopic (exact) mass is 254 g/mol. The number of esters is 1. The van der Waals surface area contributed by atoms with Crippen molar-refractivity contribution in [2.75, 3.05) is 13.2 Å². The normalized spacial score (nSPS) is 20.9. The molecule has 0 unspecified atom stereocenters. The van der Waals surface area contributed by atoms with Crippen molar-refractivity contribution in [2.24, 2.45) is 11.1 Å². The number of nitrogens with zero attached hydrogens (tertiary/aromatic N) is 1. The minimum absolute atomic E-state index is 0.169. The Hall–Kier alpha value is -1.36. The van der Waals surface area contributed by atoms with E-state index in [1.165, 1.54) is 11.0 Å². The second-order valence-corrected chi connectivity index (χ2v) is 5.60. The van der Waals surface area contributed by atoms with E-state index in [2.05, 4.69) is 6.58 Å². The molecule has 2 N–H and O–H groups in total. The van der Waals surface area contributed by atoms with Crippen LogP contribution < -0.4 is 5.73 Å². The number of amides is 1. The molecule has 0 aromatic heterocycles. The van der Waals surface area contributed by atoms with Crippen molar-refractivity contribution < 1.29 is 14.3 Å². The molecule has 18 heavy (non-hydrogen) atoms. The summed E-state index contributed by atoms with van der Waals surface area (Å²) >= 11 is 0. The number of hydrogen-bond acceptors (Lipinski definition) is 4. The van der Waals surface area contributed by atoms with Crippen molar-refractivity contribution in [3.8, 4) is 0 Å². The van der Waals surface area contributed by atoms with Gasteiger partial charge >= 0.3 is 5.97 Å². The van der Waals surface area contributed by atoms with E-state index in [1.54, 1.807) is 0 Å². The summed E-state index contributed by atoms with van der Waals surface area (Å²) in [5.74, 6) is -0.565. The highest BCUT2D eigenvalue weighted by Gasteiger charge is 2.42. The Bertz CT molecular complexity index is 347. The first-order valence-corrected chi connectivity index (χ1v) is 6.12. The topological polar surface area (TPSA) is 72.6 Å². The summed E-state index contributed by atoms with van der Waals surface area (Å²) in [4.78, 5) is 25.3. The molecular formula is C13H22N2O3. The Morgan fingerprint density at radius 3 is 2.56 bits per heavy atom. The molecule has 1 aliphatic rings. The summed E-state index contributed by atoms with van der Waals surface area (Å²) in [5.41, 5.74) is 5.59. The molecule has 5 nitrogen and oxygen atoms in total. The average molecular weight is 254 g/mol. The standard InChI is InChI=1S/C13H22N2O3/c1-5-8-18-12(17)9-6-7-15(9)11(16)10(14)13(2,3)4/h5,9-10H,1,6-8,14H2,2-4H3/t9-,10+/m1/s1. The lowest BCUT2D eigenvalue weighted by atomic mass is 9.85. The molecule has 0 saturated carbocycles. The van der Waals surface area contributed by atoms with Crippen LogP contribution in [0, 0.1) is 5.41 Å². The van der Waals surface area contributed by atoms with Gasteiger partial charge in [-0.3, -0.25) is 4.79 Å². The molecule has 1 aliphatic heterocycles. The fraction of sp³-hybridized carbons (Fsp3) is 0.692. The number of nitrogens with two attached hydrogens (primary N) is 1. The molecule has 1 fully saturated rings. The van der Waals surface area contributed by atoms with E-state index in [-0.39, 0.29) is 23.9 Å². The van der Waals surface area contributed by atoms with Crippen molar-refractivity contribution in [3.63, 3.8) is 0 Å². The first-order chi connectivity index (χ1) is 8.29. The van der Waals surface area contributed by atoms with Gasteiger partial charge in [-0.2, -0.15) is 0 Å². The maximum Gasteiger partial charge on any atom is 0.329 e. The summed E-state index contributed by atoms with van der Waals surface area (Å²) in [7, 11) is 0. The van der Waals surface area contributed by atoms with Gasteiger partial charge in [0.25, 0.3) is 0 Å². The van der Waals surface area contributed by atoms with Gasteiger partial charge in [-0.25, -0.2) is 4.79 Å². The van der Waals surface area contributed by atoms with E-state index < -0.39 is 12.1 Å². The Balaban J connectivity index is 2.60. The van der Waals surface area contributed by atoms with E-state index in [4.69, 9.17) is 10.5 Å². The summed E-state index contributed by atoms with van der Waals surface area (Å²) < 4.78 is 4.95. The molecule has 0 aromatic rings. The van der Waals surface area contributed by atoms with E-state index in [0.717, 1.165) is 0 Å². The molecule has 2 atom stereocenters. The van der Waals surface area contributed by atoms with Gasteiger partial charge in [-0.05, 0) is 11.8 Å². The molecular weight excluding hydrogens is 232 g/mol. The summed E-state index contributed by atoms with van der Waals surface area (Å²) in [6.45, 7) is 9.92. The van der Waals surface area contributed by atoms with E-state index in [1.807, 2.05) is 20.8 Å². The fourth-order valence-corrected chi connectivity index (χ4v) is 1.68. The predicted octanol–water partition coefficient (Wildman–Crippen LogP) is 0.690. The average Bonchev–Trinajstić information content (AvgIpc) is 2.22. The van der Waals surface area contributed by atoms with Crippen LogP contribution in [0.3, 0.4) is 0 Å². The SMILES string of the molecule is C=CCOC(=O)[C@H]1CCN1C(=O)[C@H](N)C(C)(C)C. The van der Waals surface area contributed by atoms with Gasteiger partial charge in [0.05, 0.1) is 6.04 Å². The van der Waals surface area contributed by atoms with Gasteiger partial charge in [0.2, 0.25) is 5.91 Å². The predicted molar refractivity (Wildman–Crippen MR) is 68.7 cm³/mol. The van der Waals surface area contributed by atoms with Crippen LogP contribution in [0.25, 0.3) is 0 Å². The van der Waals surface area contributed by atoms with Gasteiger partial charge < -0.3 is 15.4 Å². The number of rotatable bonds is 4. The maximum absolute atomic E-state index is 12.1. The number of hydrogen-bond donors (Lipinski definition) is 1. The van der Waals surface area contributed by atoms with Crippen molar-refractivity contribution in [2.45, 2.75) is 39.3 Å². The third-order valence-electron chi connectivity index (χ3n) is 3.12. The molecule has 1 amide bonds. The maximum atomic E-state index is 12.1. The third kappa shape index (κ3) is 3.10. The molecule has 0 spiro atoms.